The van der Waals surface area contributed by atoms with Gasteiger partial charge in [-0.05, 0) is 35.5 Å². The zero-order valence-electron chi connectivity index (χ0n) is 11.4. The van der Waals surface area contributed by atoms with E-state index < -0.39 is 19.7 Å². The highest BCUT2D eigenvalue weighted by atomic mass is 32.2. The fourth-order valence-electron chi connectivity index (χ4n) is 5.54. The third-order valence-electron chi connectivity index (χ3n) is 5.84. The van der Waals surface area contributed by atoms with Crippen LogP contribution in [-0.4, -0.2) is 39.8 Å². The first kappa shape index (κ1) is 13.1. The maximum Gasteiger partial charge on any atom is 0.151 e. The van der Waals surface area contributed by atoms with Gasteiger partial charge in [-0.2, -0.15) is 0 Å². The molecule has 0 N–H and O–H groups in total. The normalized spacial score (nSPS) is 51.9. The van der Waals surface area contributed by atoms with Crippen molar-refractivity contribution in [2.45, 2.75) is 10.5 Å². The molecule has 4 aliphatic rings. The van der Waals surface area contributed by atoms with Crippen molar-refractivity contribution < 1.29 is 16.8 Å². The highest BCUT2D eigenvalue weighted by molar-refractivity contribution is 7.91. The molecule has 4 aliphatic carbocycles. The van der Waals surface area contributed by atoms with Crippen LogP contribution in [0.4, 0.5) is 0 Å². The Morgan fingerprint density at radius 3 is 1.05 bits per heavy atom. The molecule has 2 fully saturated rings. The van der Waals surface area contributed by atoms with Gasteiger partial charge in [0.25, 0.3) is 0 Å². The van der Waals surface area contributed by atoms with Crippen molar-refractivity contribution in [2.75, 3.05) is 12.5 Å². The van der Waals surface area contributed by atoms with E-state index in [0.717, 1.165) is 0 Å². The van der Waals surface area contributed by atoms with Gasteiger partial charge in [-0.1, -0.05) is 24.3 Å². The van der Waals surface area contributed by atoms with E-state index in [-0.39, 0.29) is 46.0 Å². The average Bonchev–Trinajstić information content (AvgIpc) is 2.92. The highest BCUT2D eigenvalue weighted by Gasteiger charge is 2.67. The first-order valence-corrected chi connectivity index (χ1v) is 10.9. The van der Waals surface area contributed by atoms with Crippen LogP contribution >= 0.6 is 0 Å². The first-order valence-electron chi connectivity index (χ1n) is 6.95. The fourth-order valence-corrected chi connectivity index (χ4v) is 8.91. The molecule has 0 unspecified atom stereocenters. The van der Waals surface area contributed by atoms with Crippen LogP contribution in [0.15, 0.2) is 24.3 Å². The summed E-state index contributed by atoms with van der Waals surface area (Å²) < 4.78 is 48.5. The SMILES string of the molecule is CS(=O)(=O)C1[C@@H]2C=C[C@@H]3C2C2[C@H]1C=C[C@H]2C3S(C)(=O)=O. The first-order chi connectivity index (χ1) is 9.21. The standard InChI is InChI=1S/C14H18O4S2/c1-19(15,16)13-7-3-5-9-11(7)12-8(13)4-6-10(12)14(9)20(2,17)18/h3-14H,1-2H3/t7-,8-,9-,10-,11?,12?,13?,14?/m1/s1. The molecule has 4 nitrogen and oxygen atoms in total. The van der Waals surface area contributed by atoms with Gasteiger partial charge in [-0.15, -0.1) is 0 Å². The molecule has 0 aliphatic heterocycles. The number of sulfone groups is 2. The molecule has 0 heterocycles. The average molecular weight is 314 g/mol. The van der Waals surface area contributed by atoms with Gasteiger partial charge in [0.05, 0.1) is 10.5 Å². The van der Waals surface area contributed by atoms with Crippen LogP contribution in [0.3, 0.4) is 0 Å². The lowest BCUT2D eigenvalue weighted by Crippen LogP contribution is -2.34. The molecule has 0 radical (unpaired) electrons. The van der Waals surface area contributed by atoms with Gasteiger partial charge in [-0.3, -0.25) is 0 Å². The molecule has 0 aromatic rings. The summed E-state index contributed by atoms with van der Waals surface area (Å²) in [7, 11) is -6.24. The summed E-state index contributed by atoms with van der Waals surface area (Å²) in [5.41, 5.74) is 0. The van der Waals surface area contributed by atoms with E-state index in [0.29, 0.717) is 0 Å². The molecule has 110 valence electrons. The van der Waals surface area contributed by atoms with Crippen molar-refractivity contribution >= 4 is 19.7 Å². The Hall–Kier alpha value is -0.620. The number of hydrogen-bond acceptors (Lipinski definition) is 4. The second-order valence-corrected chi connectivity index (χ2v) is 11.2. The summed E-state index contributed by atoms with van der Waals surface area (Å²) in [6, 6.07) is 0. The molecule has 0 aromatic carbocycles. The van der Waals surface area contributed by atoms with Gasteiger partial charge < -0.3 is 0 Å². The second-order valence-electron chi connectivity index (χ2n) is 6.82. The summed E-state index contributed by atoms with van der Waals surface area (Å²) in [5.74, 6) is 0.403. The van der Waals surface area contributed by atoms with Gasteiger partial charge in [0.15, 0.2) is 19.7 Å². The Morgan fingerprint density at radius 2 is 0.850 bits per heavy atom. The molecule has 0 spiro atoms. The zero-order chi connectivity index (χ0) is 14.4. The molecule has 20 heavy (non-hydrogen) atoms. The topological polar surface area (TPSA) is 68.3 Å². The lowest BCUT2D eigenvalue weighted by atomic mass is 9.88. The Bertz CT molecular complexity index is 639. The lowest BCUT2D eigenvalue weighted by Gasteiger charge is -2.22. The molecule has 0 amide bonds. The van der Waals surface area contributed by atoms with E-state index >= 15 is 0 Å². The van der Waals surface area contributed by atoms with Crippen LogP contribution < -0.4 is 0 Å². The zero-order valence-corrected chi connectivity index (χ0v) is 13.0. The smallest absolute Gasteiger partial charge is 0.151 e. The molecule has 4 rings (SSSR count). The third-order valence-corrected chi connectivity index (χ3v) is 9.07. The summed E-state index contributed by atoms with van der Waals surface area (Å²) in [5, 5.41) is -0.721. The molecule has 2 saturated carbocycles. The molecular formula is C14H18O4S2. The predicted molar refractivity (Wildman–Crippen MR) is 76.5 cm³/mol. The van der Waals surface area contributed by atoms with Crippen LogP contribution in [0.1, 0.15) is 0 Å². The Labute approximate surface area is 119 Å². The lowest BCUT2D eigenvalue weighted by molar-refractivity contribution is 0.343. The number of hydrogen-bond donors (Lipinski definition) is 0. The highest BCUT2D eigenvalue weighted by Crippen LogP contribution is 2.65. The minimum Gasteiger partial charge on any atom is -0.229 e. The Morgan fingerprint density at radius 1 is 0.600 bits per heavy atom. The van der Waals surface area contributed by atoms with Crippen molar-refractivity contribution in [2.24, 2.45) is 35.5 Å². The van der Waals surface area contributed by atoms with E-state index in [2.05, 4.69) is 0 Å². The van der Waals surface area contributed by atoms with Crippen molar-refractivity contribution in [3.05, 3.63) is 24.3 Å². The van der Waals surface area contributed by atoms with Crippen molar-refractivity contribution in [3.8, 4) is 0 Å². The predicted octanol–water partition coefficient (Wildman–Crippen LogP) is 0.677. The molecule has 6 heteroatoms. The van der Waals surface area contributed by atoms with E-state index in [1.165, 1.54) is 12.5 Å². The van der Waals surface area contributed by atoms with Gasteiger partial charge >= 0.3 is 0 Å². The van der Waals surface area contributed by atoms with Crippen LogP contribution in [0.2, 0.25) is 0 Å². The third kappa shape index (κ3) is 1.42. The van der Waals surface area contributed by atoms with Gasteiger partial charge in [0.1, 0.15) is 0 Å². The summed E-state index contributed by atoms with van der Waals surface area (Å²) in [4.78, 5) is 0. The summed E-state index contributed by atoms with van der Waals surface area (Å²) >= 11 is 0. The van der Waals surface area contributed by atoms with Gasteiger partial charge in [0.2, 0.25) is 0 Å². The summed E-state index contributed by atoms with van der Waals surface area (Å²) in [6.07, 6.45) is 10.5. The Kier molecular flexibility index (Phi) is 2.34. The van der Waals surface area contributed by atoms with Crippen LogP contribution in [0, 0.1) is 35.5 Å². The van der Waals surface area contributed by atoms with E-state index in [1.807, 2.05) is 24.3 Å². The number of rotatable bonds is 2. The van der Waals surface area contributed by atoms with Crippen LogP contribution in [0.25, 0.3) is 0 Å². The second kappa shape index (κ2) is 3.58. The molecule has 0 saturated heterocycles. The van der Waals surface area contributed by atoms with E-state index in [4.69, 9.17) is 0 Å². The van der Waals surface area contributed by atoms with Crippen molar-refractivity contribution in [1.82, 2.24) is 0 Å². The van der Waals surface area contributed by atoms with Crippen LogP contribution in [0.5, 0.6) is 0 Å². The molecule has 0 aromatic heterocycles. The molecule has 4 atom stereocenters. The minimum atomic E-state index is -3.12. The molecule has 0 bridgehead atoms. The maximum absolute atomic E-state index is 12.1. The van der Waals surface area contributed by atoms with Crippen molar-refractivity contribution in [3.63, 3.8) is 0 Å². The minimum absolute atomic E-state index is 0.00389. The van der Waals surface area contributed by atoms with Gasteiger partial charge in [-0.25, -0.2) is 16.8 Å². The monoisotopic (exact) mass is 314 g/mol. The van der Waals surface area contributed by atoms with Crippen LogP contribution in [-0.2, 0) is 19.7 Å². The molecular weight excluding hydrogens is 296 g/mol. The fraction of sp³-hybridized carbons (Fsp3) is 0.714. The number of allylic oxidation sites excluding steroid dienone is 4. The van der Waals surface area contributed by atoms with E-state index in [1.54, 1.807) is 0 Å². The quantitative estimate of drug-likeness (QED) is 0.703. The van der Waals surface area contributed by atoms with Gasteiger partial charge in [0, 0.05) is 12.5 Å². The largest absolute Gasteiger partial charge is 0.229 e. The summed E-state index contributed by atoms with van der Waals surface area (Å²) in [6.45, 7) is 0. The maximum atomic E-state index is 12.1. The Balaban J connectivity index is 1.86. The van der Waals surface area contributed by atoms with E-state index in [9.17, 15) is 16.8 Å². The van der Waals surface area contributed by atoms with Crippen molar-refractivity contribution in [1.29, 1.82) is 0 Å².